The highest BCUT2D eigenvalue weighted by molar-refractivity contribution is 7.89. The first-order chi connectivity index (χ1) is 9.20. The fourth-order valence-electron chi connectivity index (χ4n) is 2.21. The van der Waals surface area contributed by atoms with Crippen LogP contribution in [-0.2, 0) is 16.6 Å². The molecular formula is C14H26N2O3S. The smallest absolute Gasteiger partial charge is 0.244 e. The zero-order chi connectivity index (χ0) is 15.6. The lowest BCUT2D eigenvalue weighted by atomic mass is 9.98. The average Bonchev–Trinajstić information content (AvgIpc) is 2.64. The number of aryl methyl sites for hydroxylation is 2. The molecule has 6 heteroatoms. The van der Waals surface area contributed by atoms with Crippen LogP contribution in [-0.4, -0.2) is 21.0 Å². The fourth-order valence-corrected chi connectivity index (χ4v) is 4.21. The lowest BCUT2D eigenvalue weighted by Crippen LogP contribution is -2.45. The van der Waals surface area contributed by atoms with Crippen molar-refractivity contribution in [1.82, 2.24) is 10.0 Å². The summed E-state index contributed by atoms with van der Waals surface area (Å²) in [6.07, 6.45) is 1.47. The van der Waals surface area contributed by atoms with Crippen molar-refractivity contribution in [2.45, 2.75) is 64.4 Å². The maximum Gasteiger partial charge on any atom is 0.244 e. The van der Waals surface area contributed by atoms with Gasteiger partial charge in [0.15, 0.2) is 0 Å². The second-order valence-electron chi connectivity index (χ2n) is 5.43. The largest absolute Gasteiger partial charge is 0.465 e. The molecule has 116 valence electrons. The Labute approximate surface area is 122 Å². The summed E-state index contributed by atoms with van der Waals surface area (Å²) in [4.78, 5) is 0.275. The van der Waals surface area contributed by atoms with Crippen LogP contribution >= 0.6 is 0 Å². The number of sulfonamides is 1. The molecule has 1 rings (SSSR count). The minimum Gasteiger partial charge on any atom is -0.465 e. The van der Waals surface area contributed by atoms with Crippen LogP contribution in [0.2, 0.25) is 0 Å². The molecular weight excluding hydrogens is 276 g/mol. The van der Waals surface area contributed by atoms with E-state index in [2.05, 4.69) is 10.0 Å². The molecule has 0 bridgehead atoms. The highest BCUT2D eigenvalue weighted by Gasteiger charge is 2.32. The molecule has 0 spiro atoms. The second-order valence-corrected chi connectivity index (χ2v) is 7.04. The molecule has 0 aliphatic rings. The van der Waals surface area contributed by atoms with E-state index in [4.69, 9.17) is 4.42 Å². The van der Waals surface area contributed by atoms with E-state index in [-0.39, 0.29) is 4.90 Å². The zero-order valence-corrected chi connectivity index (χ0v) is 14.1. The summed E-state index contributed by atoms with van der Waals surface area (Å²) in [5.41, 5.74) is 0.264. The standard InChI is InChI=1S/C14H26N2O3S/c1-7-14(5,8-2)16-20(17,18)13-11(4)19-10(3)12(13)9-15-6/h15-16H,7-9H2,1-6H3. The van der Waals surface area contributed by atoms with Gasteiger partial charge >= 0.3 is 0 Å². The van der Waals surface area contributed by atoms with Crippen molar-refractivity contribution in [3.8, 4) is 0 Å². The summed E-state index contributed by atoms with van der Waals surface area (Å²) in [7, 11) is -1.80. The average molecular weight is 302 g/mol. The molecule has 0 atom stereocenters. The van der Waals surface area contributed by atoms with Gasteiger partial charge in [-0.05, 0) is 40.7 Å². The minimum atomic E-state index is -3.59. The Morgan fingerprint density at radius 3 is 2.15 bits per heavy atom. The third-order valence-corrected chi connectivity index (χ3v) is 5.72. The fraction of sp³-hybridized carbons (Fsp3) is 0.714. The van der Waals surface area contributed by atoms with Gasteiger partial charge in [0.2, 0.25) is 10.0 Å². The van der Waals surface area contributed by atoms with Crippen molar-refractivity contribution >= 4 is 10.0 Å². The van der Waals surface area contributed by atoms with Crippen molar-refractivity contribution in [3.63, 3.8) is 0 Å². The van der Waals surface area contributed by atoms with Gasteiger partial charge in [-0.3, -0.25) is 0 Å². The van der Waals surface area contributed by atoms with Gasteiger partial charge in [0, 0.05) is 17.6 Å². The molecule has 0 unspecified atom stereocenters. The Hall–Kier alpha value is -0.850. The molecule has 0 radical (unpaired) electrons. The molecule has 0 aliphatic heterocycles. The molecule has 1 aromatic heterocycles. The van der Waals surface area contributed by atoms with Crippen molar-refractivity contribution in [3.05, 3.63) is 17.1 Å². The Morgan fingerprint density at radius 2 is 1.70 bits per heavy atom. The summed E-state index contributed by atoms with van der Waals surface area (Å²) < 4.78 is 33.7. The summed E-state index contributed by atoms with van der Waals surface area (Å²) in [6, 6.07) is 0. The summed E-state index contributed by atoms with van der Waals surface area (Å²) >= 11 is 0. The van der Waals surface area contributed by atoms with Gasteiger partial charge < -0.3 is 9.73 Å². The van der Waals surface area contributed by atoms with E-state index in [0.717, 1.165) is 12.8 Å². The number of nitrogens with one attached hydrogen (secondary N) is 2. The molecule has 0 saturated heterocycles. The van der Waals surface area contributed by atoms with Gasteiger partial charge in [-0.25, -0.2) is 13.1 Å². The van der Waals surface area contributed by atoms with Crippen LogP contribution in [0, 0.1) is 13.8 Å². The highest BCUT2D eigenvalue weighted by Crippen LogP contribution is 2.28. The highest BCUT2D eigenvalue weighted by atomic mass is 32.2. The zero-order valence-electron chi connectivity index (χ0n) is 13.3. The van der Waals surface area contributed by atoms with E-state index in [1.165, 1.54) is 0 Å². The summed E-state index contributed by atoms with van der Waals surface area (Å²) in [5.74, 6) is 1.08. The van der Waals surface area contributed by atoms with Crippen molar-refractivity contribution < 1.29 is 12.8 Å². The van der Waals surface area contributed by atoms with Gasteiger partial charge in [-0.1, -0.05) is 13.8 Å². The lowest BCUT2D eigenvalue weighted by molar-refractivity contribution is 0.388. The minimum absolute atomic E-state index is 0.275. The lowest BCUT2D eigenvalue weighted by Gasteiger charge is -2.27. The maximum absolute atomic E-state index is 12.7. The molecule has 0 aromatic carbocycles. The van der Waals surface area contributed by atoms with E-state index in [1.807, 2.05) is 20.8 Å². The second kappa shape index (κ2) is 6.28. The van der Waals surface area contributed by atoms with Crippen LogP contribution in [0.15, 0.2) is 9.31 Å². The third kappa shape index (κ3) is 3.42. The Balaban J connectivity index is 3.29. The van der Waals surface area contributed by atoms with Crippen molar-refractivity contribution in [1.29, 1.82) is 0 Å². The number of furan rings is 1. The summed E-state index contributed by atoms with van der Waals surface area (Å²) in [5, 5.41) is 2.99. The van der Waals surface area contributed by atoms with E-state index in [1.54, 1.807) is 20.9 Å². The van der Waals surface area contributed by atoms with Crippen molar-refractivity contribution in [2.75, 3.05) is 7.05 Å². The van der Waals surface area contributed by atoms with Crippen LogP contribution < -0.4 is 10.0 Å². The van der Waals surface area contributed by atoms with Gasteiger partial charge in [0.1, 0.15) is 16.4 Å². The topological polar surface area (TPSA) is 71.3 Å². The van der Waals surface area contributed by atoms with Crippen LogP contribution in [0.25, 0.3) is 0 Å². The Bertz CT molecular complexity index is 557. The summed E-state index contributed by atoms with van der Waals surface area (Å²) in [6.45, 7) is 9.83. The van der Waals surface area contributed by atoms with Crippen LogP contribution in [0.3, 0.4) is 0 Å². The Morgan fingerprint density at radius 1 is 1.15 bits per heavy atom. The SMILES string of the molecule is CCC(C)(CC)NS(=O)(=O)c1c(C)oc(C)c1CNC. The Kier molecular flexibility index (Phi) is 5.40. The molecule has 20 heavy (non-hydrogen) atoms. The third-order valence-electron chi connectivity index (χ3n) is 3.89. The van der Waals surface area contributed by atoms with E-state index >= 15 is 0 Å². The van der Waals surface area contributed by atoms with E-state index in [9.17, 15) is 8.42 Å². The molecule has 0 aliphatic carbocycles. The van der Waals surface area contributed by atoms with Gasteiger partial charge in [0.05, 0.1) is 0 Å². The number of hydrogen-bond acceptors (Lipinski definition) is 4. The first-order valence-corrected chi connectivity index (χ1v) is 8.46. The van der Waals surface area contributed by atoms with Crippen molar-refractivity contribution in [2.24, 2.45) is 0 Å². The van der Waals surface area contributed by atoms with Gasteiger partial charge in [-0.15, -0.1) is 0 Å². The molecule has 0 fully saturated rings. The molecule has 0 amide bonds. The maximum atomic E-state index is 12.7. The van der Waals surface area contributed by atoms with Crippen LogP contribution in [0.1, 0.15) is 50.7 Å². The normalized spacial score (nSPS) is 12.9. The molecule has 5 nitrogen and oxygen atoms in total. The predicted molar refractivity (Wildman–Crippen MR) is 80.3 cm³/mol. The van der Waals surface area contributed by atoms with E-state index < -0.39 is 15.6 Å². The van der Waals surface area contributed by atoms with E-state index in [0.29, 0.717) is 23.6 Å². The number of hydrogen-bond donors (Lipinski definition) is 2. The van der Waals surface area contributed by atoms with Gasteiger partial charge in [0.25, 0.3) is 0 Å². The molecule has 2 N–H and O–H groups in total. The molecule has 0 saturated carbocycles. The quantitative estimate of drug-likeness (QED) is 0.811. The van der Waals surface area contributed by atoms with Gasteiger partial charge in [-0.2, -0.15) is 0 Å². The number of rotatable bonds is 7. The first-order valence-electron chi connectivity index (χ1n) is 6.98. The predicted octanol–water partition coefficient (Wildman–Crippen LogP) is 2.47. The van der Waals surface area contributed by atoms with Crippen LogP contribution in [0.4, 0.5) is 0 Å². The molecule has 1 aromatic rings. The first kappa shape index (κ1) is 17.2. The monoisotopic (exact) mass is 302 g/mol. The molecule has 1 heterocycles. The van der Waals surface area contributed by atoms with Crippen LogP contribution in [0.5, 0.6) is 0 Å².